The fraction of sp³-hybridized carbons (Fsp3) is 0.400. The summed E-state index contributed by atoms with van der Waals surface area (Å²) in [5.74, 6) is -1.78. The van der Waals surface area contributed by atoms with Crippen LogP contribution in [0.25, 0.3) is 0 Å². The Bertz CT molecular complexity index is 540. The summed E-state index contributed by atoms with van der Waals surface area (Å²) in [4.78, 5) is 36.4. The molecule has 1 rings (SSSR count). The average molecular weight is 292 g/mol. The highest BCUT2D eigenvalue weighted by atomic mass is 16.4. The standard InChI is InChI=1S/C15H20N2O4/c1-4-6-12(15(20)21)16-13(18)10-7-5-8-11(9-10)14(19)17(2)3/h5,7-9,12H,4,6H2,1-3H3,(H,16,18)(H,20,21). The van der Waals surface area contributed by atoms with Crippen molar-refractivity contribution in [3.8, 4) is 0 Å². The third kappa shape index (κ3) is 4.59. The van der Waals surface area contributed by atoms with E-state index in [1.165, 1.54) is 11.0 Å². The zero-order chi connectivity index (χ0) is 16.0. The quantitative estimate of drug-likeness (QED) is 0.829. The SMILES string of the molecule is CCCC(NC(=O)c1cccc(C(=O)N(C)C)c1)C(=O)O. The van der Waals surface area contributed by atoms with Crippen LogP contribution < -0.4 is 5.32 Å². The summed E-state index contributed by atoms with van der Waals surface area (Å²) in [5, 5.41) is 11.5. The second kappa shape index (κ2) is 7.42. The van der Waals surface area contributed by atoms with Crippen LogP contribution in [-0.4, -0.2) is 47.9 Å². The molecule has 0 saturated carbocycles. The van der Waals surface area contributed by atoms with Gasteiger partial charge in [-0.05, 0) is 24.6 Å². The van der Waals surface area contributed by atoms with Crippen LogP contribution in [0.3, 0.4) is 0 Å². The highest BCUT2D eigenvalue weighted by Gasteiger charge is 2.20. The number of amides is 2. The van der Waals surface area contributed by atoms with Crippen LogP contribution in [0.4, 0.5) is 0 Å². The Morgan fingerprint density at radius 3 is 2.38 bits per heavy atom. The van der Waals surface area contributed by atoms with Gasteiger partial charge in [-0.25, -0.2) is 4.79 Å². The lowest BCUT2D eigenvalue weighted by atomic mass is 10.1. The molecule has 0 bridgehead atoms. The van der Waals surface area contributed by atoms with E-state index in [1.807, 2.05) is 6.92 Å². The molecule has 0 aromatic heterocycles. The average Bonchev–Trinajstić information content (AvgIpc) is 2.45. The molecular weight excluding hydrogens is 272 g/mol. The molecule has 6 nitrogen and oxygen atoms in total. The monoisotopic (exact) mass is 292 g/mol. The lowest BCUT2D eigenvalue weighted by molar-refractivity contribution is -0.139. The number of rotatable bonds is 6. The molecule has 6 heteroatoms. The zero-order valence-electron chi connectivity index (χ0n) is 12.4. The predicted molar refractivity (Wildman–Crippen MR) is 78.3 cm³/mol. The van der Waals surface area contributed by atoms with E-state index in [9.17, 15) is 14.4 Å². The summed E-state index contributed by atoms with van der Waals surface area (Å²) in [7, 11) is 3.24. The number of carbonyl (C=O) groups excluding carboxylic acids is 2. The van der Waals surface area contributed by atoms with Crippen LogP contribution in [0, 0.1) is 0 Å². The molecule has 0 aliphatic heterocycles. The van der Waals surface area contributed by atoms with E-state index in [0.29, 0.717) is 18.4 Å². The molecule has 0 radical (unpaired) electrons. The summed E-state index contributed by atoms with van der Waals surface area (Å²) in [6.45, 7) is 1.85. The second-order valence-electron chi connectivity index (χ2n) is 4.93. The Morgan fingerprint density at radius 2 is 1.86 bits per heavy atom. The van der Waals surface area contributed by atoms with E-state index in [2.05, 4.69) is 5.32 Å². The van der Waals surface area contributed by atoms with Gasteiger partial charge in [0.05, 0.1) is 0 Å². The van der Waals surface area contributed by atoms with Crippen LogP contribution >= 0.6 is 0 Å². The lowest BCUT2D eigenvalue weighted by Gasteiger charge is -2.14. The van der Waals surface area contributed by atoms with E-state index < -0.39 is 17.9 Å². The maximum atomic E-state index is 12.1. The number of benzene rings is 1. The maximum absolute atomic E-state index is 12.1. The van der Waals surface area contributed by atoms with E-state index >= 15 is 0 Å². The van der Waals surface area contributed by atoms with Crippen molar-refractivity contribution in [2.24, 2.45) is 0 Å². The van der Waals surface area contributed by atoms with Crippen molar-refractivity contribution in [1.29, 1.82) is 0 Å². The molecule has 0 fully saturated rings. The Morgan fingerprint density at radius 1 is 1.24 bits per heavy atom. The first-order chi connectivity index (χ1) is 9.86. The van der Waals surface area contributed by atoms with Gasteiger partial charge in [0.15, 0.2) is 0 Å². The van der Waals surface area contributed by atoms with E-state index in [-0.39, 0.29) is 11.5 Å². The Balaban J connectivity index is 2.90. The lowest BCUT2D eigenvalue weighted by Crippen LogP contribution is -2.40. The van der Waals surface area contributed by atoms with Crippen molar-refractivity contribution in [2.45, 2.75) is 25.8 Å². The molecule has 1 aromatic rings. The number of hydrogen-bond donors (Lipinski definition) is 2. The molecular formula is C15H20N2O4. The van der Waals surface area contributed by atoms with Gasteiger partial charge >= 0.3 is 5.97 Å². The largest absolute Gasteiger partial charge is 0.480 e. The van der Waals surface area contributed by atoms with Gasteiger partial charge < -0.3 is 15.3 Å². The number of carboxylic acids is 1. The maximum Gasteiger partial charge on any atom is 0.326 e. The van der Waals surface area contributed by atoms with Crippen LogP contribution in [0.15, 0.2) is 24.3 Å². The highest BCUT2D eigenvalue weighted by molar-refractivity contribution is 6.00. The van der Waals surface area contributed by atoms with E-state index in [0.717, 1.165) is 0 Å². The van der Waals surface area contributed by atoms with Crippen molar-refractivity contribution < 1.29 is 19.5 Å². The summed E-state index contributed by atoms with van der Waals surface area (Å²) in [5.41, 5.74) is 0.653. The Labute approximate surface area is 123 Å². The summed E-state index contributed by atoms with van der Waals surface area (Å²) in [6, 6.07) is 5.30. The number of aliphatic carboxylic acids is 1. The zero-order valence-corrected chi connectivity index (χ0v) is 12.4. The summed E-state index contributed by atoms with van der Waals surface area (Å²) >= 11 is 0. The van der Waals surface area contributed by atoms with Gasteiger partial charge in [-0.15, -0.1) is 0 Å². The minimum Gasteiger partial charge on any atom is -0.480 e. The topological polar surface area (TPSA) is 86.7 Å². The Hall–Kier alpha value is -2.37. The van der Waals surface area contributed by atoms with Crippen molar-refractivity contribution in [3.63, 3.8) is 0 Å². The summed E-state index contributed by atoms with van der Waals surface area (Å²) < 4.78 is 0. The molecule has 114 valence electrons. The van der Waals surface area contributed by atoms with Gasteiger partial charge in [0, 0.05) is 25.2 Å². The van der Waals surface area contributed by atoms with Gasteiger partial charge in [0.2, 0.25) is 0 Å². The third-order valence-corrected chi connectivity index (χ3v) is 2.96. The van der Waals surface area contributed by atoms with E-state index in [1.54, 1.807) is 32.3 Å². The molecule has 2 amide bonds. The van der Waals surface area contributed by atoms with Gasteiger partial charge in [0.1, 0.15) is 6.04 Å². The van der Waals surface area contributed by atoms with Gasteiger partial charge in [0.25, 0.3) is 11.8 Å². The number of carboxylic acid groups (broad SMARTS) is 1. The molecule has 0 heterocycles. The molecule has 1 atom stereocenters. The van der Waals surface area contributed by atoms with Crippen LogP contribution in [-0.2, 0) is 4.79 Å². The van der Waals surface area contributed by atoms with Gasteiger partial charge in [-0.1, -0.05) is 19.4 Å². The fourth-order valence-electron chi connectivity index (χ4n) is 1.84. The summed E-state index contributed by atoms with van der Waals surface area (Å²) in [6.07, 6.45) is 1.01. The third-order valence-electron chi connectivity index (χ3n) is 2.96. The second-order valence-corrected chi connectivity index (χ2v) is 4.93. The molecule has 0 aliphatic carbocycles. The van der Waals surface area contributed by atoms with Crippen molar-refractivity contribution in [3.05, 3.63) is 35.4 Å². The molecule has 1 aromatic carbocycles. The number of carbonyl (C=O) groups is 3. The first-order valence-electron chi connectivity index (χ1n) is 6.72. The Kier molecular flexibility index (Phi) is 5.90. The molecule has 1 unspecified atom stereocenters. The highest BCUT2D eigenvalue weighted by Crippen LogP contribution is 2.08. The first kappa shape index (κ1) is 16.7. The van der Waals surface area contributed by atoms with Crippen molar-refractivity contribution in [1.82, 2.24) is 10.2 Å². The van der Waals surface area contributed by atoms with Crippen LogP contribution in [0.2, 0.25) is 0 Å². The van der Waals surface area contributed by atoms with Gasteiger partial charge in [-0.2, -0.15) is 0 Å². The molecule has 21 heavy (non-hydrogen) atoms. The van der Waals surface area contributed by atoms with Crippen LogP contribution in [0.1, 0.15) is 40.5 Å². The minimum atomic E-state index is -1.06. The van der Waals surface area contributed by atoms with Crippen LogP contribution in [0.5, 0.6) is 0 Å². The smallest absolute Gasteiger partial charge is 0.326 e. The number of nitrogens with one attached hydrogen (secondary N) is 1. The number of hydrogen-bond acceptors (Lipinski definition) is 3. The van der Waals surface area contributed by atoms with Crippen molar-refractivity contribution >= 4 is 17.8 Å². The van der Waals surface area contributed by atoms with E-state index in [4.69, 9.17) is 5.11 Å². The first-order valence-corrected chi connectivity index (χ1v) is 6.72. The fourth-order valence-corrected chi connectivity index (χ4v) is 1.84. The molecule has 0 aliphatic rings. The predicted octanol–water partition coefficient (Wildman–Crippen LogP) is 1.37. The van der Waals surface area contributed by atoms with Gasteiger partial charge in [-0.3, -0.25) is 9.59 Å². The van der Waals surface area contributed by atoms with Crippen molar-refractivity contribution in [2.75, 3.05) is 14.1 Å². The molecule has 0 saturated heterocycles. The number of nitrogens with zero attached hydrogens (tertiary/aromatic N) is 1. The molecule has 2 N–H and O–H groups in total. The minimum absolute atomic E-state index is 0.215. The molecule has 0 spiro atoms. The normalized spacial score (nSPS) is 11.6.